The Kier molecular flexibility index (Phi) is 5.42. The minimum absolute atomic E-state index is 0.0709. The van der Waals surface area contributed by atoms with Crippen molar-refractivity contribution in [2.45, 2.75) is 58.2 Å². The number of ether oxygens (including phenoxy) is 1. The Morgan fingerprint density at radius 1 is 1.24 bits per heavy atom. The van der Waals surface area contributed by atoms with Gasteiger partial charge in [0.05, 0.1) is 18.9 Å². The number of likely N-dealkylation sites (tertiary alicyclic amines) is 2. The summed E-state index contributed by atoms with van der Waals surface area (Å²) in [6.45, 7) is 7.14. The Morgan fingerprint density at radius 3 is 2.56 bits per heavy atom. The van der Waals surface area contributed by atoms with Gasteiger partial charge in [0.2, 0.25) is 0 Å². The summed E-state index contributed by atoms with van der Waals surface area (Å²) in [5.41, 5.74) is 1.63. The van der Waals surface area contributed by atoms with E-state index in [2.05, 4.69) is 10.00 Å². The average Bonchev–Trinajstić information content (AvgIpc) is 3.27. The van der Waals surface area contributed by atoms with Gasteiger partial charge in [-0.05, 0) is 46.1 Å². The molecule has 0 bridgehead atoms. The van der Waals surface area contributed by atoms with Crippen LogP contribution in [-0.4, -0.2) is 70.3 Å². The molecule has 0 saturated carbocycles. The molecule has 2 aliphatic heterocycles. The summed E-state index contributed by atoms with van der Waals surface area (Å²) < 4.78 is 6.80. The number of methoxy groups -OCH3 is 1. The van der Waals surface area contributed by atoms with Crippen molar-refractivity contribution in [1.82, 2.24) is 19.6 Å². The van der Waals surface area contributed by atoms with Gasteiger partial charge >= 0.3 is 5.97 Å². The van der Waals surface area contributed by atoms with Gasteiger partial charge in [0.15, 0.2) is 0 Å². The van der Waals surface area contributed by atoms with Crippen LogP contribution in [0.2, 0.25) is 0 Å². The van der Waals surface area contributed by atoms with Gasteiger partial charge in [0, 0.05) is 31.4 Å². The zero-order valence-electron chi connectivity index (χ0n) is 15.4. The van der Waals surface area contributed by atoms with Gasteiger partial charge < -0.3 is 9.64 Å². The van der Waals surface area contributed by atoms with Crippen molar-refractivity contribution in [1.29, 1.82) is 0 Å². The molecule has 1 aromatic rings. The van der Waals surface area contributed by atoms with Crippen LogP contribution >= 0.6 is 0 Å². The minimum atomic E-state index is -0.126. The van der Waals surface area contributed by atoms with Crippen LogP contribution in [-0.2, 0) is 16.1 Å². The van der Waals surface area contributed by atoms with Crippen LogP contribution in [0.1, 0.15) is 48.7 Å². The summed E-state index contributed by atoms with van der Waals surface area (Å²) >= 11 is 0. The molecule has 0 aliphatic carbocycles. The monoisotopic (exact) mass is 348 g/mol. The smallest absolute Gasteiger partial charge is 0.323 e. The Labute approximate surface area is 148 Å². The molecule has 2 fully saturated rings. The van der Waals surface area contributed by atoms with Crippen LogP contribution in [0.5, 0.6) is 0 Å². The first-order valence-corrected chi connectivity index (χ1v) is 9.22. The third kappa shape index (κ3) is 3.42. The van der Waals surface area contributed by atoms with E-state index in [1.54, 1.807) is 6.20 Å². The summed E-state index contributed by atoms with van der Waals surface area (Å²) in [4.78, 5) is 28.9. The van der Waals surface area contributed by atoms with Gasteiger partial charge in [0.1, 0.15) is 6.04 Å². The molecule has 3 heterocycles. The highest BCUT2D eigenvalue weighted by atomic mass is 16.5. The number of hydrogen-bond acceptors (Lipinski definition) is 5. The fourth-order valence-corrected chi connectivity index (χ4v) is 4.16. The van der Waals surface area contributed by atoms with E-state index in [0.29, 0.717) is 11.6 Å². The van der Waals surface area contributed by atoms with Crippen LogP contribution < -0.4 is 0 Å². The van der Waals surface area contributed by atoms with Gasteiger partial charge in [0.25, 0.3) is 5.91 Å². The van der Waals surface area contributed by atoms with E-state index in [-0.39, 0.29) is 17.9 Å². The first-order chi connectivity index (χ1) is 12.1. The largest absolute Gasteiger partial charge is 0.468 e. The average molecular weight is 348 g/mol. The lowest BCUT2D eigenvalue weighted by molar-refractivity contribution is -0.147. The van der Waals surface area contributed by atoms with Crippen molar-refractivity contribution in [2.24, 2.45) is 0 Å². The molecular weight excluding hydrogens is 320 g/mol. The number of amides is 1. The van der Waals surface area contributed by atoms with E-state index in [1.165, 1.54) is 7.11 Å². The first-order valence-electron chi connectivity index (χ1n) is 9.22. The molecule has 0 aromatic carbocycles. The number of carbonyl (C=O) groups is 2. The maximum atomic E-state index is 12.8. The summed E-state index contributed by atoms with van der Waals surface area (Å²) in [7, 11) is 1.46. The van der Waals surface area contributed by atoms with Crippen molar-refractivity contribution < 1.29 is 14.3 Å². The lowest BCUT2D eigenvalue weighted by Crippen LogP contribution is -2.50. The number of carbonyl (C=O) groups excluding carboxylic acids is 2. The fraction of sp³-hybridized carbons (Fsp3) is 0.722. The maximum absolute atomic E-state index is 12.8. The number of esters is 1. The lowest BCUT2D eigenvalue weighted by atomic mass is 10.0. The molecule has 3 rings (SSSR count). The Hall–Kier alpha value is -1.89. The van der Waals surface area contributed by atoms with Crippen LogP contribution in [0.15, 0.2) is 6.20 Å². The van der Waals surface area contributed by atoms with Gasteiger partial charge in [-0.1, -0.05) is 0 Å². The van der Waals surface area contributed by atoms with E-state index in [9.17, 15) is 9.59 Å². The number of hydrogen-bond donors (Lipinski definition) is 0. The molecule has 0 spiro atoms. The molecule has 138 valence electrons. The highest BCUT2D eigenvalue weighted by Gasteiger charge is 2.38. The minimum Gasteiger partial charge on any atom is -0.468 e. The van der Waals surface area contributed by atoms with Crippen molar-refractivity contribution in [3.05, 3.63) is 17.5 Å². The molecule has 1 atom stereocenters. The zero-order valence-corrected chi connectivity index (χ0v) is 15.4. The van der Waals surface area contributed by atoms with Crippen LogP contribution in [0.25, 0.3) is 0 Å². The molecular formula is C18H28N4O3. The summed E-state index contributed by atoms with van der Waals surface area (Å²) in [5, 5.41) is 4.28. The summed E-state index contributed by atoms with van der Waals surface area (Å²) in [5.74, 6) is -0.0554. The second-order valence-corrected chi connectivity index (χ2v) is 6.90. The normalized spacial score (nSPS) is 22.4. The second kappa shape index (κ2) is 7.56. The van der Waals surface area contributed by atoms with Crippen LogP contribution in [0.4, 0.5) is 0 Å². The van der Waals surface area contributed by atoms with E-state index in [0.717, 1.165) is 57.6 Å². The Bertz CT molecular complexity index is 634. The van der Waals surface area contributed by atoms with Crippen LogP contribution in [0.3, 0.4) is 0 Å². The number of aromatic nitrogens is 2. The van der Waals surface area contributed by atoms with Crippen molar-refractivity contribution >= 4 is 11.9 Å². The van der Waals surface area contributed by atoms with Gasteiger partial charge in [-0.25, -0.2) is 0 Å². The van der Waals surface area contributed by atoms with Crippen molar-refractivity contribution in [3.63, 3.8) is 0 Å². The highest BCUT2D eigenvalue weighted by molar-refractivity contribution is 5.95. The molecule has 0 unspecified atom stereocenters. The van der Waals surface area contributed by atoms with Gasteiger partial charge in [-0.15, -0.1) is 0 Å². The predicted molar refractivity (Wildman–Crippen MR) is 93.3 cm³/mol. The van der Waals surface area contributed by atoms with E-state index in [1.807, 2.05) is 23.4 Å². The van der Waals surface area contributed by atoms with E-state index < -0.39 is 0 Å². The molecule has 0 radical (unpaired) electrons. The highest BCUT2D eigenvalue weighted by Crippen LogP contribution is 2.27. The standard InChI is InChI=1S/C18H28N4O3/c1-4-22-13(2)15(12-19-22)17(23)20-10-7-14(8-11-20)21-9-5-6-16(21)18(24)25-3/h12,14,16H,4-11H2,1-3H3/t16-/m0/s1. The summed E-state index contributed by atoms with van der Waals surface area (Å²) in [6, 6.07) is 0.248. The number of rotatable bonds is 4. The Morgan fingerprint density at radius 2 is 1.96 bits per heavy atom. The van der Waals surface area contributed by atoms with Gasteiger partial charge in [-0.2, -0.15) is 5.10 Å². The molecule has 2 saturated heterocycles. The third-order valence-electron chi connectivity index (χ3n) is 5.62. The predicted octanol–water partition coefficient (Wildman–Crippen LogP) is 1.45. The SMILES string of the molecule is CCn1ncc(C(=O)N2CCC(N3CCC[C@H]3C(=O)OC)CC2)c1C. The quantitative estimate of drug-likeness (QED) is 0.771. The zero-order chi connectivity index (χ0) is 18.0. The molecule has 7 nitrogen and oxygen atoms in total. The van der Waals surface area contributed by atoms with E-state index in [4.69, 9.17) is 4.74 Å². The number of nitrogens with zero attached hydrogens (tertiary/aromatic N) is 4. The Balaban J connectivity index is 1.61. The lowest BCUT2D eigenvalue weighted by Gasteiger charge is -2.38. The second-order valence-electron chi connectivity index (χ2n) is 6.90. The maximum Gasteiger partial charge on any atom is 0.323 e. The first kappa shape index (κ1) is 17.9. The molecule has 7 heteroatoms. The van der Waals surface area contributed by atoms with Crippen molar-refractivity contribution in [3.8, 4) is 0 Å². The molecule has 25 heavy (non-hydrogen) atoms. The van der Waals surface area contributed by atoms with E-state index >= 15 is 0 Å². The molecule has 0 N–H and O–H groups in total. The van der Waals surface area contributed by atoms with Crippen molar-refractivity contribution in [2.75, 3.05) is 26.7 Å². The summed E-state index contributed by atoms with van der Waals surface area (Å²) in [6.07, 6.45) is 5.40. The molecule has 1 amide bonds. The number of piperidine rings is 1. The topological polar surface area (TPSA) is 67.7 Å². The third-order valence-corrected chi connectivity index (χ3v) is 5.62. The number of aryl methyl sites for hydroxylation is 1. The van der Waals surface area contributed by atoms with Crippen LogP contribution in [0, 0.1) is 6.92 Å². The molecule has 2 aliphatic rings. The fourth-order valence-electron chi connectivity index (χ4n) is 4.16. The molecule has 1 aromatic heterocycles. The van der Waals surface area contributed by atoms with Gasteiger partial charge in [-0.3, -0.25) is 19.2 Å².